The summed E-state index contributed by atoms with van der Waals surface area (Å²) in [7, 11) is 8.53. The largest absolute Gasteiger partial charge is 0.382 e. The lowest BCUT2D eigenvalue weighted by molar-refractivity contribution is 0.249. The Hall–Kier alpha value is -4.47. The first-order chi connectivity index (χ1) is 21.1. The van der Waals surface area contributed by atoms with Gasteiger partial charge in [0, 0.05) is 50.6 Å². The van der Waals surface area contributed by atoms with Crippen molar-refractivity contribution in [2.24, 2.45) is 0 Å². The van der Waals surface area contributed by atoms with Crippen molar-refractivity contribution < 1.29 is 0 Å². The van der Waals surface area contributed by atoms with Crippen LogP contribution < -0.4 is 20.9 Å². The molecule has 0 bridgehead atoms. The number of nitrogens with one attached hydrogen (secondary N) is 1. The molecule has 12 heteroatoms. The number of hydrogen-bond acceptors (Lipinski definition) is 11. The van der Waals surface area contributed by atoms with Gasteiger partial charge in [-0.05, 0) is 84.2 Å². The third kappa shape index (κ3) is 6.85. The summed E-state index contributed by atoms with van der Waals surface area (Å²) in [5.41, 5.74) is 10.7. The molecule has 4 aromatic rings. The Kier molecular flexibility index (Phi) is 9.46. The van der Waals surface area contributed by atoms with Gasteiger partial charge in [-0.25, -0.2) is 19.5 Å². The van der Waals surface area contributed by atoms with Crippen molar-refractivity contribution in [2.45, 2.75) is 45.3 Å². The monoisotopic (exact) mass is 596 g/mol. The summed E-state index contributed by atoms with van der Waals surface area (Å²) < 4.78 is 1.90. The van der Waals surface area contributed by atoms with Gasteiger partial charge in [0.2, 0.25) is 0 Å². The number of anilines is 4. The van der Waals surface area contributed by atoms with Gasteiger partial charge in [-0.1, -0.05) is 12.1 Å². The number of fused-ring (bicyclic) bond motifs is 1. The topological polar surface area (TPSA) is 131 Å². The maximum Gasteiger partial charge on any atom is 0.173 e. The number of nitrogen functional groups attached to an aromatic ring is 1. The second-order valence-corrected chi connectivity index (χ2v) is 12.1. The number of hydrogen-bond donors (Lipinski definition) is 2. The molecule has 232 valence electrons. The van der Waals surface area contributed by atoms with Crippen LogP contribution in [-0.4, -0.2) is 94.8 Å². The van der Waals surface area contributed by atoms with Crippen molar-refractivity contribution in [2.75, 3.05) is 75.2 Å². The third-order valence-electron chi connectivity index (χ3n) is 8.43. The van der Waals surface area contributed by atoms with Gasteiger partial charge < -0.3 is 30.7 Å². The van der Waals surface area contributed by atoms with Gasteiger partial charge >= 0.3 is 0 Å². The standard InChI is InChI=1S/C32H44N12/c1-22-11-16-44-28(22)32(38-30(39-44)23(2)37-31-27(19-33)29(34)35-21-36-31)43(18-17-40(3)4)20-24-7-9-26(10-8-24)42-14-12-25(13-15-42)41(5)6/h7-11,16,21,23,25H,12-15,17-18,20H2,1-6H3,(H3,34,35,36,37)/t23-/m0/s1. The van der Waals surface area contributed by atoms with E-state index in [1.54, 1.807) is 0 Å². The molecule has 1 aromatic carbocycles. The van der Waals surface area contributed by atoms with Crippen LogP contribution in [0.1, 0.15) is 48.3 Å². The first-order valence-corrected chi connectivity index (χ1v) is 15.2. The van der Waals surface area contributed by atoms with E-state index >= 15 is 0 Å². The first kappa shape index (κ1) is 31.0. The molecule has 0 amide bonds. The fourth-order valence-corrected chi connectivity index (χ4v) is 5.72. The van der Waals surface area contributed by atoms with E-state index in [9.17, 15) is 5.26 Å². The molecule has 0 radical (unpaired) electrons. The Morgan fingerprint density at radius 2 is 1.80 bits per heavy atom. The normalized spacial score (nSPS) is 14.8. The Morgan fingerprint density at radius 1 is 1.07 bits per heavy atom. The molecule has 0 spiro atoms. The van der Waals surface area contributed by atoms with E-state index in [0.717, 1.165) is 43.1 Å². The Balaban J connectivity index is 1.43. The Bertz CT molecular complexity index is 1600. The molecule has 1 aliphatic heterocycles. The predicted molar refractivity (Wildman–Crippen MR) is 176 cm³/mol. The highest BCUT2D eigenvalue weighted by Crippen LogP contribution is 2.29. The molecule has 12 nitrogen and oxygen atoms in total. The quantitative estimate of drug-likeness (QED) is 0.264. The molecule has 44 heavy (non-hydrogen) atoms. The molecular weight excluding hydrogens is 552 g/mol. The fraction of sp³-hybridized carbons (Fsp3) is 0.469. The van der Waals surface area contributed by atoms with Crippen molar-refractivity contribution in [3.8, 4) is 6.07 Å². The van der Waals surface area contributed by atoms with Crippen LogP contribution in [0, 0.1) is 18.3 Å². The third-order valence-corrected chi connectivity index (χ3v) is 8.43. The molecule has 0 aliphatic carbocycles. The lowest BCUT2D eigenvalue weighted by atomic mass is 10.0. The number of aryl methyl sites for hydroxylation is 1. The van der Waals surface area contributed by atoms with Crippen molar-refractivity contribution in [3.05, 3.63) is 65.4 Å². The van der Waals surface area contributed by atoms with Gasteiger partial charge in [0.25, 0.3) is 0 Å². The second kappa shape index (κ2) is 13.4. The minimum absolute atomic E-state index is 0.134. The smallest absolute Gasteiger partial charge is 0.173 e. The number of aromatic nitrogens is 5. The van der Waals surface area contributed by atoms with Gasteiger partial charge in [0.1, 0.15) is 35.1 Å². The molecule has 3 aromatic heterocycles. The number of benzene rings is 1. The molecule has 5 rings (SSSR count). The van der Waals surface area contributed by atoms with Gasteiger partial charge in [-0.2, -0.15) is 10.4 Å². The molecule has 1 aliphatic rings. The molecule has 1 fully saturated rings. The zero-order valence-corrected chi connectivity index (χ0v) is 26.7. The molecular formula is C32H44N12. The summed E-state index contributed by atoms with van der Waals surface area (Å²) in [6.45, 7) is 8.55. The summed E-state index contributed by atoms with van der Waals surface area (Å²) in [6.07, 6.45) is 5.68. The SMILES string of the molecule is Cc1ccn2nc([C@H](C)Nc3ncnc(N)c3C#N)nc(N(CCN(C)C)Cc3ccc(N4CCC(N(C)C)CC4)cc3)c12. The highest BCUT2D eigenvalue weighted by molar-refractivity contribution is 5.73. The first-order valence-electron chi connectivity index (χ1n) is 15.2. The van der Waals surface area contributed by atoms with E-state index in [0.29, 0.717) is 24.2 Å². The van der Waals surface area contributed by atoms with Crippen LogP contribution in [0.25, 0.3) is 5.52 Å². The maximum absolute atomic E-state index is 9.61. The molecule has 3 N–H and O–H groups in total. The zero-order valence-electron chi connectivity index (χ0n) is 26.7. The number of likely N-dealkylation sites (N-methyl/N-ethyl adjacent to an activating group) is 1. The van der Waals surface area contributed by atoms with Crippen LogP contribution in [0.5, 0.6) is 0 Å². The summed E-state index contributed by atoms with van der Waals surface area (Å²) in [4.78, 5) is 22.7. The van der Waals surface area contributed by atoms with Crippen molar-refractivity contribution in [1.29, 1.82) is 5.26 Å². The maximum atomic E-state index is 9.61. The number of piperidine rings is 1. The van der Waals surface area contributed by atoms with E-state index < -0.39 is 0 Å². The van der Waals surface area contributed by atoms with Crippen LogP contribution in [0.3, 0.4) is 0 Å². The highest BCUT2D eigenvalue weighted by atomic mass is 15.3. The number of rotatable bonds is 11. The molecule has 0 unspecified atom stereocenters. The summed E-state index contributed by atoms with van der Waals surface area (Å²) in [6, 6.07) is 13.5. The summed E-state index contributed by atoms with van der Waals surface area (Å²) in [5.74, 6) is 1.94. The van der Waals surface area contributed by atoms with Crippen molar-refractivity contribution in [1.82, 2.24) is 34.4 Å². The van der Waals surface area contributed by atoms with E-state index in [1.807, 2.05) is 17.6 Å². The van der Waals surface area contributed by atoms with E-state index in [1.165, 1.54) is 30.4 Å². The highest BCUT2D eigenvalue weighted by Gasteiger charge is 2.23. The van der Waals surface area contributed by atoms with Crippen molar-refractivity contribution >= 4 is 28.7 Å². The van der Waals surface area contributed by atoms with Gasteiger partial charge in [-0.3, -0.25) is 0 Å². The molecule has 0 saturated carbocycles. The Labute approximate surface area is 260 Å². The average Bonchev–Trinajstić information content (AvgIpc) is 3.39. The summed E-state index contributed by atoms with van der Waals surface area (Å²) in [5, 5.41) is 17.7. The second-order valence-electron chi connectivity index (χ2n) is 12.1. The molecule has 1 atom stereocenters. The Morgan fingerprint density at radius 3 is 2.45 bits per heavy atom. The molecule has 1 saturated heterocycles. The van der Waals surface area contributed by atoms with Gasteiger partial charge in [-0.15, -0.1) is 0 Å². The number of nitriles is 1. The minimum atomic E-state index is -0.353. The van der Waals surface area contributed by atoms with Crippen molar-refractivity contribution in [3.63, 3.8) is 0 Å². The van der Waals surface area contributed by atoms with Gasteiger partial charge in [0.05, 0.1) is 6.04 Å². The van der Waals surface area contributed by atoms with Crippen LogP contribution in [0.2, 0.25) is 0 Å². The average molecular weight is 597 g/mol. The lowest BCUT2D eigenvalue weighted by Gasteiger charge is -2.36. The van der Waals surface area contributed by atoms with E-state index in [4.69, 9.17) is 15.8 Å². The van der Waals surface area contributed by atoms with E-state index in [2.05, 4.69) is 106 Å². The van der Waals surface area contributed by atoms with Crippen LogP contribution in [0.15, 0.2) is 42.9 Å². The zero-order chi connectivity index (χ0) is 31.4. The lowest BCUT2D eigenvalue weighted by Crippen LogP contribution is -2.41. The summed E-state index contributed by atoms with van der Waals surface area (Å²) >= 11 is 0. The minimum Gasteiger partial charge on any atom is -0.382 e. The number of nitrogens with zero attached hydrogens (tertiary/aromatic N) is 10. The number of nitrogens with two attached hydrogens (primary N) is 1. The fourth-order valence-electron chi connectivity index (χ4n) is 5.72. The van der Waals surface area contributed by atoms with Crippen LogP contribution >= 0.6 is 0 Å². The van der Waals surface area contributed by atoms with E-state index in [-0.39, 0.29) is 17.4 Å². The van der Waals surface area contributed by atoms with Crippen LogP contribution in [0.4, 0.5) is 23.1 Å². The van der Waals surface area contributed by atoms with Gasteiger partial charge in [0.15, 0.2) is 11.6 Å². The predicted octanol–water partition coefficient (Wildman–Crippen LogP) is 3.55. The molecule has 4 heterocycles. The van der Waals surface area contributed by atoms with Crippen LogP contribution in [-0.2, 0) is 6.54 Å².